The van der Waals surface area contributed by atoms with E-state index in [-0.39, 0.29) is 29.4 Å². The first-order chi connectivity index (χ1) is 14.1. The van der Waals surface area contributed by atoms with Crippen molar-refractivity contribution in [1.29, 1.82) is 0 Å². The number of benzene rings is 2. The second-order valence-corrected chi connectivity index (χ2v) is 7.47. The molecule has 0 aliphatic heterocycles. The highest BCUT2D eigenvalue weighted by molar-refractivity contribution is 14.0. The first-order valence-electron chi connectivity index (χ1n) is 10.0. The molecule has 1 fully saturated rings. The minimum atomic E-state index is 0. The van der Waals surface area contributed by atoms with Crippen LogP contribution in [0.25, 0.3) is 0 Å². The quantitative estimate of drug-likeness (QED) is 0.304. The molecule has 0 spiro atoms. The zero-order valence-electron chi connectivity index (χ0n) is 17.9. The Hall–Kier alpha value is -2.16. The van der Waals surface area contributed by atoms with Crippen LogP contribution < -0.4 is 25.3 Å². The standard InChI is InChI=1S/C23H31N3O3.HI/c1-27-19-10-7-17(8-11-19)23(13-5-4-6-14-23)16-25-22(24)26-18-9-12-20(28-2)21(15-18)29-3;/h7-12,15H,4-6,13-14,16H2,1-3H3,(H3,24,25,26);1H. The van der Waals surface area contributed by atoms with Crippen LogP contribution in [0.15, 0.2) is 47.5 Å². The third-order valence-corrected chi connectivity index (χ3v) is 5.72. The summed E-state index contributed by atoms with van der Waals surface area (Å²) in [6.07, 6.45) is 5.94. The van der Waals surface area contributed by atoms with Gasteiger partial charge in [-0.15, -0.1) is 24.0 Å². The third kappa shape index (κ3) is 5.71. The van der Waals surface area contributed by atoms with Crippen LogP contribution in [0, 0.1) is 0 Å². The number of methoxy groups -OCH3 is 3. The van der Waals surface area contributed by atoms with Crippen LogP contribution in [0.2, 0.25) is 0 Å². The van der Waals surface area contributed by atoms with E-state index in [1.54, 1.807) is 21.3 Å². The van der Waals surface area contributed by atoms with Crippen molar-refractivity contribution in [3.63, 3.8) is 0 Å². The number of hydrogen-bond donors (Lipinski definition) is 2. The lowest BCUT2D eigenvalue weighted by atomic mass is 9.69. The van der Waals surface area contributed by atoms with E-state index in [9.17, 15) is 0 Å². The summed E-state index contributed by atoms with van der Waals surface area (Å²) in [5, 5.41) is 3.17. The fourth-order valence-corrected chi connectivity index (χ4v) is 4.05. The highest BCUT2D eigenvalue weighted by Crippen LogP contribution is 2.40. The van der Waals surface area contributed by atoms with Gasteiger partial charge in [0.25, 0.3) is 0 Å². The van der Waals surface area contributed by atoms with Gasteiger partial charge in [-0.3, -0.25) is 4.99 Å². The van der Waals surface area contributed by atoms with Gasteiger partial charge in [0.1, 0.15) is 5.75 Å². The largest absolute Gasteiger partial charge is 0.497 e. The van der Waals surface area contributed by atoms with Gasteiger partial charge < -0.3 is 25.3 Å². The van der Waals surface area contributed by atoms with Gasteiger partial charge in [-0.25, -0.2) is 0 Å². The average molecular weight is 525 g/mol. The van der Waals surface area contributed by atoms with E-state index in [0.29, 0.717) is 24.0 Å². The van der Waals surface area contributed by atoms with Crippen molar-refractivity contribution in [3.05, 3.63) is 48.0 Å². The summed E-state index contributed by atoms with van der Waals surface area (Å²) < 4.78 is 15.9. The highest BCUT2D eigenvalue weighted by Gasteiger charge is 2.33. The van der Waals surface area contributed by atoms with E-state index < -0.39 is 0 Å². The molecule has 6 nitrogen and oxygen atoms in total. The lowest BCUT2D eigenvalue weighted by Gasteiger charge is -2.36. The minimum absolute atomic E-state index is 0. The molecule has 1 aliphatic rings. The molecule has 0 saturated heterocycles. The summed E-state index contributed by atoms with van der Waals surface area (Å²) in [5.74, 6) is 2.59. The Kier molecular flexibility index (Phi) is 9.08. The minimum Gasteiger partial charge on any atom is -0.497 e. The summed E-state index contributed by atoms with van der Waals surface area (Å²) in [7, 11) is 4.92. The molecule has 1 saturated carbocycles. The summed E-state index contributed by atoms with van der Waals surface area (Å²) in [6.45, 7) is 0.658. The molecule has 0 amide bonds. The Bertz CT molecular complexity index is 834. The molecule has 1 aliphatic carbocycles. The van der Waals surface area contributed by atoms with Gasteiger partial charge in [-0.05, 0) is 42.7 Å². The number of nitrogens with two attached hydrogens (primary N) is 1. The van der Waals surface area contributed by atoms with Crippen LogP contribution in [0.5, 0.6) is 17.2 Å². The molecule has 0 heterocycles. The smallest absolute Gasteiger partial charge is 0.193 e. The molecule has 7 heteroatoms. The number of halogens is 1. The number of guanidine groups is 1. The molecular formula is C23H32IN3O3. The Morgan fingerprint density at radius 2 is 1.60 bits per heavy atom. The van der Waals surface area contributed by atoms with E-state index in [1.165, 1.54) is 24.8 Å². The predicted octanol–water partition coefficient (Wildman–Crippen LogP) is 4.96. The van der Waals surface area contributed by atoms with Crippen LogP contribution in [0.3, 0.4) is 0 Å². The molecule has 0 unspecified atom stereocenters. The molecule has 0 atom stereocenters. The summed E-state index contributed by atoms with van der Waals surface area (Å²) in [6, 6.07) is 14.0. The van der Waals surface area contributed by atoms with Crippen LogP contribution in [0.4, 0.5) is 5.69 Å². The van der Waals surface area contributed by atoms with Crippen LogP contribution in [0.1, 0.15) is 37.7 Å². The number of anilines is 1. The van der Waals surface area contributed by atoms with E-state index in [2.05, 4.69) is 17.4 Å². The summed E-state index contributed by atoms with van der Waals surface area (Å²) >= 11 is 0. The fraction of sp³-hybridized carbons (Fsp3) is 0.435. The van der Waals surface area contributed by atoms with E-state index >= 15 is 0 Å². The van der Waals surface area contributed by atoms with Gasteiger partial charge in [-0.2, -0.15) is 0 Å². The van der Waals surface area contributed by atoms with Crippen molar-refractivity contribution in [2.75, 3.05) is 33.2 Å². The maximum atomic E-state index is 6.21. The second kappa shape index (κ2) is 11.3. The van der Waals surface area contributed by atoms with Gasteiger partial charge in [-0.1, -0.05) is 31.4 Å². The second-order valence-electron chi connectivity index (χ2n) is 7.47. The Morgan fingerprint density at radius 3 is 2.20 bits per heavy atom. The SMILES string of the molecule is COc1ccc(C2(CN=C(N)Nc3ccc(OC)c(OC)c3)CCCCC2)cc1.I. The molecule has 3 rings (SSSR count). The number of nitrogens with one attached hydrogen (secondary N) is 1. The molecule has 0 aromatic heterocycles. The monoisotopic (exact) mass is 525 g/mol. The molecule has 2 aromatic rings. The fourth-order valence-electron chi connectivity index (χ4n) is 4.05. The third-order valence-electron chi connectivity index (χ3n) is 5.72. The van der Waals surface area contributed by atoms with Crippen LogP contribution in [-0.4, -0.2) is 33.8 Å². The molecule has 2 aromatic carbocycles. The maximum Gasteiger partial charge on any atom is 0.193 e. The van der Waals surface area contributed by atoms with Crippen molar-refractivity contribution in [2.24, 2.45) is 10.7 Å². The van der Waals surface area contributed by atoms with E-state index in [1.807, 2.05) is 30.3 Å². The number of aliphatic imine (C=N–C) groups is 1. The van der Waals surface area contributed by atoms with Crippen molar-refractivity contribution in [2.45, 2.75) is 37.5 Å². The number of hydrogen-bond acceptors (Lipinski definition) is 4. The molecule has 3 N–H and O–H groups in total. The van der Waals surface area contributed by atoms with Crippen molar-refractivity contribution in [3.8, 4) is 17.2 Å². The van der Waals surface area contributed by atoms with Crippen molar-refractivity contribution < 1.29 is 14.2 Å². The molecule has 0 bridgehead atoms. The van der Waals surface area contributed by atoms with Gasteiger partial charge in [0.15, 0.2) is 17.5 Å². The first-order valence-corrected chi connectivity index (χ1v) is 10.0. The average Bonchev–Trinajstić information content (AvgIpc) is 2.78. The zero-order chi connectivity index (χ0) is 20.7. The maximum absolute atomic E-state index is 6.21. The highest BCUT2D eigenvalue weighted by atomic mass is 127. The topological polar surface area (TPSA) is 78.1 Å². The number of rotatable bonds is 7. The van der Waals surface area contributed by atoms with E-state index in [4.69, 9.17) is 24.9 Å². The van der Waals surface area contributed by atoms with Crippen molar-refractivity contribution >= 4 is 35.6 Å². The van der Waals surface area contributed by atoms with Gasteiger partial charge in [0.2, 0.25) is 0 Å². The van der Waals surface area contributed by atoms with Gasteiger partial charge in [0.05, 0.1) is 27.9 Å². The molecule has 164 valence electrons. The summed E-state index contributed by atoms with van der Waals surface area (Å²) in [4.78, 5) is 4.71. The Labute approximate surface area is 196 Å². The lowest BCUT2D eigenvalue weighted by Crippen LogP contribution is -2.34. The Morgan fingerprint density at radius 1 is 0.933 bits per heavy atom. The molecular weight excluding hydrogens is 493 g/mol. The predicted molar refractivity (Wildman–Crippen MR) is 133 cm³/mol. The number of nitrogens with zero attached hydrogens (tertiary/aromatic N) is 1. The molecule has 0 radical (unpaired) electrons. The van der Waals surface area contributed by atoms with Gasteiger partial charge >= 0.3 is 0 Å². The zero-order valence-corrected chi connectivity index (χ0v) is 20.3. The summed E-state index contributed by atoms with van der Waals surface area (Å²) in [5.41, 5.74) is 8.35. The number of ether oxygens (including phenoxy) is 3. The first kappa shape index (κ1) is 24.1. The molecule has 30 heavy (non-hydrogen) atoms. The van der Waals surface area contributed by atoms with Crippen LogP contribution >= 0.6 is 24.0 Å². The normalized spacial score (nSPS) is 15.6. The van der Waals surface area contributed by atoms with Crippen molar-refractivity contribution in [1.82, 2.24) is 0 Å². The van der Waals surface area contributed by atoms with Gasteiger partial charge in [0, 0.05) is 17.2 Å². The Balaban J connectivity index is 0.00000320. The van der Waals surface area contributed by atoms with Crippen LogP contribution in [-0.2, 0) is 5.41 Å². The van der Waals surface area contributed by atoms with E-state index in [0.717, 1.165) is 24.3 Å². The lowest BCUT2D eigenvalue weighted by molar-refractivity contribution is 0.301.